The van der Waals surface area contributed by atoms with Crippen molar-refractivity contribution < 1.29 is 28.6 Å². The van der Waals surface area contributed by atoms with Gasteiger partial charge in [0, 0.05) is 0 Å². The minimum atomic E-state index is -0.935. The summed E-state index contributed by atoms with van der Waals surface area (Å²) >= 11 is 1.28. The van der Waals surface area contributed by atoms with Gasteiger partial charge in [-0.15, -0.1) is 0 Å². The Labute approximate surface area is 240 Å². The van der Waals surface area contributed by atoms with Crippen molar-refractivity contribution in [2.24, 2.45) is 0 Å². The van der Waals surface area contributed by atoms with Crippen LogP contribution >= 0.6 is 11.3 Å². The standard InChI is InChI=1S/C32H26N2O6S/c1-3-38-23-14-15-24-26(17-23)41-32(33-24)34-28(27(30(36)31(34)37)29(35)25-16-9-19(2)40-25)21-10-12-22(13-11-21)39-18-20-7-5-4-6-8-20/h4-17,28,36H,3,18H2,1-2H3. The van der Waals surface area contributed by atoms with Gasteiger partial charge >= 0.3 is 0 Å². The maximum absolute atomic E-state index is 13.6. The van der Waals surface area contributed by atoms with Gasteiger partial charge in [-0.25, -0.2) is 4.98 Å². The highest BCUT2D eigenvalue weighted by Crippen LogP contribution is 2.45. The van der Waals surface area contributed by atoms with E-state index in [0.29, 0.717) is 46.7 Å². The summed E-state index contributed by atoms with van der Waals surface area (Å²) in [7, 11) is 0. The molecule has 6 rings (SSSR count). The van der Waals surface area contributed by atoms with Crippen LogP contribution in [0.25, 0.3) is 10.2 Å². The molecule has 2 aromatic heterocycles. The van der Waals surface area contributed by atoms with Gasteiger partial charge in [-0.1, -0.05) is 53.8 Å². The average Bonchev–Trinajstić information content (AvgIpc) is 3.68. The predicted molar refractivity (Wildman–Crippen MR) is 156 cm³/mol. The first-order chi connectivity index (χ1) is 19.9. The number of amides is 1. The molecule has 1 amide bonds. The van der Waals surface area contributed by atoms with Crippen LogP contribution in [0, 0.1) is 6.92 Å². The number of thiazole rings is 1. The molecule has 9 heteroatoms. The fourth-order valence-electron chi connectivity index (χ4n) is 4.78. The van der Waals surface area contributed by atoms with Crippen LogP contribution in [0.1, 0.15) is 40.4 Å². The fraction of sp³-hybridized carbons (Fsp3) is 0.156. The van der Waals surface area contributed by atoms with E-state index in [1.807, 2.05) is 55.5 Å². The van der Waals surface area contributed by atoms with Crippen LogP contribution < -0.4 is 14.4 Å². The number of hydrogen-bond donors (Lipinski definition) is 1. The van der Waals surface area contributed by atoms with Crippen molar-refractivity contribution in [3.05, 3.63) is 119 Å². The number of nitrogens with zero attached hydrogens (tertiary/aromatic N) is 2. The number of hydrogen-bond acceptors (Lipinski definition) is 8. The SMILES string of the molecule is CCOc1ccc2nc(N3C(=O)C(O)=C(C(=O)c4ccc(C)o4)C3c3ccc(OCc4ccccc4)cc3)sc2c1. The molecule has 41 heavy (non-hydrogen) atoms. The van der Waals surface area contributed by atoms with Crippen LogP contribution in [0.15, 0.2) is 101 Å². The number of aliphatic hydroxyl groups is 1. The van der Waals surface area contributed by atoms with Gasteiger partial charge in [-0.3, -0.25) is 14.5 Å². The number of anilines is 1. The first-order valence-electron chi connectivity index (χ1n) is 13.1. The van der Waals surface area contributed by atoms with E-state index in [-0.39, 0.29) is 11.3 Å². The number of aryl methyl sites for hydroxylation is 1. The monoisotopic (exact) mass is 566 g/mol. The summed E-state index contributed by atoms with van der Waals surface area (Å²) in [6.45, 7) is 4.54. The highest BCUT2D eigenvalue weighted by Gasteiger charge is 2.46. The number of ketones is 1. The van der Waals surface area contributed by atoms with Gasteiger partial charge < -0.3 is 19.0 Å². The molecule has 1 unspecified atom stereocenters. The van der Waals surface area contributed by atoms with E-state index in [2.05, 4.69) is 4.98 Å². The summed E-state index contributed by atoms with van der Waals surface area (Å²) in [4.78, 5) is 33.3. The summed E-state index contributed by atoms with van der Waals surface area (Å²) in [5, 5.41) is 11.4. The third kappa shape index (κ3) is 5.07. The normalized spacial score (nSPS) is 15.1. The molecule has 0 fully saturated rings. The zero-order valence-corrected chi connectivity index (χ0v) is 23.2. The highest BCUT2D eigenvalue weighted by atomic mass is 32.1. The van der Waals surface area contributed by atoms with Crippen molar-refractivity contribution >= 4 is 38.4 Å². The van der Waals surface area contributed by atoms with Gasteiger partial charge in [-0.05, 0) is 67.4 Å². The third-order valence-electron chi connectivity index (χ3n) is 6.73. The molecule has 5 aromatic rings. The molecule has 0 saturated heterocycles. The zero-order chi connectivity index (χ0) is 28.5. The number of benzene rings is 3. The van der Waals surface area contributed by atoms with Gasteiger partial charge in [-0.2, -0.15) is 0 Å². The number of rotatable bonds is 9. The van der Waals surface area contributed by atoms with Gasteiger partial charge in [0.1, 0.15) is 23.9 Å². The number of aliphatic hydroxyl groups excluding tert-OH is 1. The molecular weight excluding hydrogens is 540 g/mol. The molecule has 206 valence electrons. The van der Waals surface area contributed by atoms with Crippen molar-refractivity contribution in [2.45, 2.75) is 26.5 Å². The highest BCUT2D eigenvalue weighted by molar-refractivity contribution is 7.22. The Kier molecular flexibility index (Phi) is 7.03. The van der Waals surface area contributed by atoms with Gasteiger partial charge in [0.25, 0.3) is 5.91 Å². The number of carbonyl (C=O) groups is 2. The van der Waals surface area contributed by atoms with Crippen LogP contribution in [-0.2, 0) is 11.4 Å². The van der Waals surface area contributed by atoms with Crippen molar-refractivity contribution in [1.29, 1.82) is 0 Å². The van der Waals surface area contributed by atoms with E-state index in [9.17, 15) is 14.7 Å². The minimum absolute atomic E-state index is 0.0390. The molecule has 0 spiro atoms. The lowest BCUT2D eigenvalue weighted by atomic mass is 9.95. The molecule has 0 saturated carbocycles. The Morgan fingerprint density at radius 1 is 1.00 bits per heavy atom. The van der Waals surface area contributed by atoms with Crippen LogP contribution in [0.4, 0.5) is 5.13 Å². The van der Waals surface area contributed by atoms with Crippen LogP contribution in [-0.4, -0.2) is 28.4 Å². The second kappa shape index (κ2) is 10.9. The van der Waals surface area contributed by atoms with Crippen LogP contribution in [0.3, 0.4) is 0 Å². The van der Waals surface area contributed by atoms with E-state index in [1.165, 1.54) is 22.3 Å². The van der Waals surface area contributed by atoms with Crippen molar-refractivity contribution in [3.63, 3.8) is 0 Å². The van der Waals surface area contributed by atoms with Crippen LogP contribution in [0.2, 0.25) is 0 Å². The lowest BCUT2D eigenvalue weighted by molar-refractivity contribution is -0.117. The van der Waals surface area contributed by atoms with Gasteiger partial charge in [0.15, 0.2) is 16.7 Å². The van der Waals surface area contributed by atoms with E-state index in [1.54, 1.807) is 37.3 Å². The molecule has 1 aliphatic heterocycles. The van der Waals surface area contributed by atoms with Crippen molar-refractivity contribution in [3.8, 4) is 11.5 Å². The molecule has 1 N–H and O–H groups in total. The van der Waals surface area contributed by atoms with E-state index < -0.39 is 23.5 Å². The van der Waals surface area contributed by atoms with E-state index in [0.717, 1.165) is 10.3 Å². The van der Waals surface area contributed by atoms with Crippen molar-refractivity contribution in [2.75, 3.05) is 11.5 Å². The van der Waals surface area contributed by atoms with Crippen LogP contribution in [0.5, 0.6) is 11.5 Å². The third-order valence-corrected chi connectivity index (χ3v) is 7.74. The number of ether oxygens (including phenoxy) is 2. The molecule has 3 aromatic carbocycles. The lowest BCUT2D eigenvalue weighted by Crippen LogP contribution is -2.30. The molecular formula is C32H26N2O6S. The first kappa shape index (κ1) is 26.3. The maximum atomic E-state index is 13.6. The summed E-state index contributed by atoms with van der Waals surface area (Å²) in [6, 6.07) is 24.7. The second-order valence-corrected chi connectivity index (χ2v) is 10.5. The molecule has 1 atom stereocenters. The largest absolute Gasteiger partial charge is 0.503 e. The molecule has 0 radical (unpaired) electrons. The van der Waals surface area contributed by atoms with E-state index in [4.69, 9.17) is 13.9 Å². The summed E-state index contributed by atoms with van der Waals surface area (Å²) < 4.78 is 17.9. The molecule has 3 heterocycles. The lowest BCUT2D eigenvalue weighted by Gasteiger charge is -2.24. The zero-order valence-electron chi connectivity index (χ0n) is 22.4. The first-order valence-corrected chi connectivity index (χ1v) is 13.9. The summed E-state index contributed by atoms with van der Waals surface area (Å²) in [5.41, 5.74) is 2.24. The quantitative estimate of drug-likeness (QED) is 0.193. The predicted octanol–water partition coefficient (Wildman–Crippen LogP) is 6.96. The minimum Gasteiger partial charge on any atom is -0.503 e. The van der Waals surface area contributed by atoms with Gasteiger partial charge in [0.05, 0.1) is 28.4 Å². The molecule has 8 nitrogen and oxygen atoms in total. The Bertz CT molecular complexity index is 1770. The Morgan fingerprint density at radius 3 is 2.46 bits per heavy atom. The van der Waals surface area contributed by atoms with Crippen molar-refractivity contribution in [1.82, 2.24) is 4.98 Å². The molecule has 0 aliphatic carbocycles. The Morgan fingerprint density at radius 2 is 1.76 bits per heavy atom. The number of fused-ring (bicyclic) bond motifs is 1. The second-order valence-electron chi connectivity index (χ2n) is 9.48. The van der Waals surface area contributed by atoms with Gasteiger partial charge in [0.2, 0.25) is 5.78 Å². The van der Waals surface area contributed by atoms with E-state index >= 15 is 0 Å². The Hall–Kier alpha value is -4.89. The summed E-state index contributed by atoms with van der Waals surface area (Å²) in [6.07, 6.45) is 0. The topological polar surface area (TPSA) is 102 Å². The maximum Gasteiger partial charge on any atom is 0.296 e. The fourth-order valence-corrected chi connectivity index (χ4v) is 5.80. The molecule has 1 aliphatic rings. The number of aromatic nitrogens is 1. The smallest absolute Gasteiger partial charge is 0.296 e. The Balaban J connectivity index is 1.38. The number of Topliss-reactive ketones (excluding diaryl/α,β-unsaturated/α-hetero) is 1. The number of carbonyl (C=O) groups excluding carboxylic acids is 2. The average molecular weight is 567 g/mol. The summed E-state index contributed by atoms with van der Waals surface area (Å²) in [5.74, 6) is -0.0155. The number of furan rings is 1. The molecule has 0 bridgehead atoms.